The van der Waals surface area contributed by atoms with Gasteiger partial charge in [0.05, 0.1) is 11.6 Å². The molecule has 3 aromatic rings. The van der Waals surface area contributed by atoms with Crippen LogP contribution in [0.1, 0.15) is 18.1 Å². The molecule has 0 aliphatic rings. The quantitative estimate of drug-likeness (QED) is 0.724. The van der Waals surface area contributed by atoms with Crippen molar-refractivity contribution in [1.29, 1.82) is 0 Å². The van der Waals surface area contributed by atoms with Crippen molar-refractivity contribution >= 4 is 17.0 Å². The summed E-state index contributed by atoms with van der Waals surface area (Å²) < 4.78 is 6.56. The minimum absolute atomic E-state index is 0.129. The van der Waals surface area contributed by atoms with Gasteiger partial charge in [-0.3, -0.25) is 9.36 Å². The second-order valence-electron chi connectivity index (χ2n) is 5.47. The summed E-state index contributed by atoms with van der Waals surface area (Å²) in [6, 6.07) is 16.2. The summed E-state index contributed by atoms with van der Waals surface area (Å²) >= 11 is 0. The summed E-state index contributed by atoms with van der Waals surface area (Å²) in [6.45, 7) is 0.354. The highest BCUT2D eigenvalue weighted by molar-refractivity contribution is 5.76. The van der Waals surface area contributed by atoms with E-state index in [-0.39, 0.29) is 25.4 Å². The van der Waals surface area contributed by atoms with Crippen LogP contribution < -0.4 is 11.1 Å². The lowest BCUT2D eigenvalue weighted by atomic mass is 10.1. The Morgan fingerprint density at radius 2 is 1.83 bits per heavy atom. The van der Waals surface area contributed by atoms with Crippen molar-refractivity contribution in [2.24, 2.45) is 0 Å². The van der Waals surface area contributed by atoms with Crippen molar-refractivity contribution < 1.29 is 14.3 Å². The van der Waals surface area contributed by atoms with Crippen LogP contribution in [-0.2, 0) is 11.3 Å². The Kier molecular flexibility index (Phi) is 4.77. The maximum atomic E-state index is 12.0. The molecule has 24 heavy (non-hydrogen) atoms. The van der Waals surface area contributed by atoms with Gasteiger partial charge in [-0.2, -0.15) is 0 Å². The van der Waals surface area contributed by atoms with Gasteiger partial charge in [0.1, 0.15) is 0 Å². The number of benzene rings is 2. The van der Waals surface area contributed by atoms with Gasteiger partial charge in [-0.15, -0.1) is 0 Å². The SMILES string of the molecule is O=C(CCn1c(=O)oc2ccccc21)NCC(O)c1ccccc1. The normalized spacial score (nSPS) is 12.2. The molecule has 2 N–H and O–H groups in total. The first-order valence-corrected chi connectivity index (χ1v) is 7.73. The minimum Gasteiger partial charge on any atom is -0.408 e. The predicted molar refractivity (Wildman–Crippen MR) is 89.5 cm³/mol. The van der Waals surface area contributed by atoms with Crippen molar-refractivity contribution in [3.8, 4) is 0 Å². The molecule has 0 saturated carbocycles. The number of oxazole rings is 1. The van der Waals surface area contributed by atoms with Crippen molar-refractivity contribution in [3.63, 3.8) is 0 Å². The Morgan fingerprint density at radius 3 is 2.62 bits per heavy atom. The molecule has 0 spiro atoms. The molecular formula is C18H18N2O4. The molecular weight excluding hydrogens is 308 g/mol. The van der Waals surface area contributed by atoms with E-state index in [1.807, 2.05) is 24.3 Å². The maximum absolute atomic E-state index is 12.0. The van der Waals surface area contributed by atoms with E-state index in [4.69, 9.17) is 4.42 Å². The third-order valence-electron chi connectivity index (χ3n) is 3.81. The molecule has 0 radical (unpaired) electrons. The van der Waals surface area contributed by atoms with E-state index < -0.39 is 11.9 Å². The van der Waals surface area contributed by atoms with Crippen LogP contribution in [0, 0.1) is 0 Å². The minimum atomic E-state index is -0.757. The van der Waals surface area contributed by atoms with E-state index in [0.29, 0.717) is 11.1 Å². The van der Waals surface area contributed by atoms with Crippen molar-refractivity contribution in [3.05, 3.63) is 70.7 Å². The molecule has 0 saturated heterocycles. The number of aliphatic hydroxyl groups is 1. The van der Waals surface area contributed by atoms with Crippen LogP contribution in [0.3, 0.4) is 0 Å². The van der Waals surface area contributed by atoms with Gasteiger partial charge >= 0.3 is 5.76 Å². The zero-order valence-corrected chi connectivity index (χ0v) is 13.0. The second-order valence-corrected chi connectivity index (χ2v) is 5.47. The van der Waals surface area contributed by atoms with Crippen LogP contribution >= 0.6 is 0 Å². The Balaban J connectivity index is 1.56. The lowest BCUT2D eigenvalue weighted by Crippen LogP contribution is -2.30. The number of carbonyl (C=O) groups excluding carboxylic acids is 1. The van der Waals surface area contributed by atoms with E-state index >= 15 is 0 Å². The van der Waals surface area contributed by atoms with E-state index in [9.17, 15) is 14.7 Å². The number of fused-ring (bicyclic) bond motifs is 1. The van der Waals surface area contributed by atoms with Gasteiger partial charge in [0, 0.05) is 19.5 Å². The van der Waals surface area contributed by atoms with Gasteiger partial charge in [-0.05, 0) is 17.7 Å². The molecule has 124 valence electrons. The zero-order chi connectivity index (χ0) is 16.9. The lowest BCUT2D eigenvalue weighted by molar-refractivity contribution is -0.121. The molecule has 0 fully saturated rings. The number of amides is 1. The van der Waals surface area contributed by atoms with Crippen LogP contribution in [0.25, 0.3) is 11.1 Å². The number of para-hydroxylation sites is 2. The highest BCUT2D eigenvalue weighted by Gasteiger charge is 2.12. The first-order chi connectivity index (χ1) is 11.6. The highest BCUT2D eigenvalue weighted by atomic mass is 16.4. The molecule has 6 heteroatoms. The third kappa shape index (κ3) is 3.55. The number of aliphatic hydroxyl groups excluding tert-OH is 1. The van der Waals surface area contributed by atoms with Crippen LogP contribution in [0.5, 0.6) is 0 Å². The Hall–Kier alpha value is -2.86. The summed E-state index contributed by atoms with van der Waals surface area (Å²) in [4.78, 5) is 23.8. The maximum Gasteiger partial charge on any atom is 0.419 e. The van der Waals surface area contributed by atoms with Crippen molar-refractivity contribution in [1.82, 2.24) is 9.88 Å². The zero-order valence-electron chi connectivity index (χ0n) is 13.0. The molecule has 1 heterocycles. The standard InChI is InChI=1S/C18H18N2O4/c21-15(13-6-2-1-3-7-13)12-19-17(22)10-11-20-14-8-4-5-9-16(14)24-18(20)23/h1-9,15,21H,10-12H2,(H,19,22). The second kappa shape index (κ2) is 7.14. The number of carbonyl (C=O) groups is 1. The first kappa shape index (κ1) is 16.0. The molecule has 6 nitrogen and oxygen atoms in total. The summed E-state index contributed by atoms with van der Waals surface area (Å²) in [5, 5.41) is 12.7. The van der Waals surface area contributed by atoms with Gasteiger partial charge < -0.3 is 14.8 Å². The first-order valence-electron chi connectivity index (χ1n) is 7.73. The fourth-order valence-corrected chi connectivity index (χ4v) is 2.53. The van der Waals surface area contributed by atoms with Crippen LogP contribution in [-0.4, -0.2) is 22.1 Å². The molecule has 1 atom stereocenters. The van der Waals surface area contributed by atoms with Gasteiger partial charge in [0.15, 0.2) is 5.58 Å². The summed E-state index contributed by atoms with van der Waals surface area (Å²) in [5.74, 6) is -0.713. The number of aryl methyl sites for hydroxylation is 1. The molecule has 1 aromatic heterocycles. The monoisotopic (exact) mass is 326 g/mol. The summed E-state index contributed by atoms with van der Waals surface area (Å²) in [6.07, 6.45) is -0.627. The molecule has 2 aromatic carbocycles. The van der Waals surface area contributed by atoms with E-state index in [1.165, 1.54) is 4.57 Å². The third-order valence-corrected chi connectivity index (χ3v) is 3.81. The molecule has 1 amide bonds. The molecule has 0 aliphatic carbocycles. The fourth-order valence-electron chi connectivity index (χ4n) is 2.53. The average molecular weight is 326 g/mol. The summed E-state index contributed by atoms with van der Waals surface area (Å²) in [7, 11) is 0. The van der Waals surface area contributed by atoms with Crippen LogP contribution in [0.2, 0.25) is 0 Å². The van der Waals surface area contributed by atoms with Crippen LogP contribution in [0.4, 0.5) is 0 Å². The lowest BCUT2D eigenvalue weighted by Gasteiger charge is -2.12. The van der Waals surface area contributed by atoms with Crippen molar-refractivity contribution in [2.45, 2.75) is 19.1 Å². The van der Waals surface area contributed by atoms with E-state index in [1.54, 1.807) is 30.3 Å². The number of nitrogens with zero attached hydrogens (tertiary/aromatic N) is 1. The number of hydrogen-bond acceptors (Lipinski definition) is 4. The van der Waals surface area contributed by atoms with Crippen LogP contribution in [0.15, 0.2) is 63.8 Å². The molecule has 3 rings (SSSR count). The smallest absolute Gasteiger partial charge is 0.408 e. The summed E-state index contributed by atoms with van der Waals surface area (Å²) in [5.41, 5.74) is 1.91. The largest absolute Gasteiger partial charge is 0.419 e. The Bertz CT molecular complexity index is 883. The topological polar surface area (TPSA) is 84.5 Å². The number of nitrogens with one attached hydrogen (secondary N) is 1. The van der Waals surface area contributed by atoms with Crippen molar-refractivity contribution in [2.75, 3.05) is 6.54 Å². The van der Waals surface area contributed by atoms with Gasteiger partial charge in [-0.1, -0.05) is 42.5 Å². The fraction of sp³-hybridized carbons (Fsp3) is 0.222. The molecule has 0 bridgehead atoms. The number of aromatic nitrogens is 1. The van der Waals surface area contributed by atoms with Gasteiger partial charge in [-0.25, -0.2) is 4.79 Å². The molecule has 1 unspecified atom stereocenters. The van der Waals surface area contributed by atoms with E-state index in [2.05, 4.69) is 5.32 Å². The Labute approximate surface area is 138 Å². The molecule has 0 aliphatic heterocycles. The number of hydrogen-bond donors (Lipinski definition) is 2. The Morgan fingerprint density at radius 1 is 1.12 bits per heavy atom. The highest BCUT2D eigenvalue weighted by Crippen LogP contribution is 2.12. The van der Waals surface area contributed by atoms with E-state index in [0.717, 1.165) is 5.56 Å². The number of rotatable bonds is 6. The average Bonchev–Trinajstić information content (AvgIpc) is 2.93. The van der Waals surface area contributed by atoms with Gasteiger partial charge in [0.2, 0.25) is 5.91 Å². The van der Waals surface area contributed by atoms with Gasteiger partial charge in [0.25, 0.3) is 0 Å². The predicted octanol–water partition coefficient (Wildman–Crippen LogP) is 1.83.